The number of rotatable bonds is 2. The normalized spacial score (nSPS) is 24.3. The number of anilines is 1. The summed E-state index contributed by atoms with van der Waals surface area (Å²) < 4.78 is 0. The van der Waals surface area contributed by atoms with Crippen molar-refractivity contribution in [3.8, 4) is 0 Å². The highest BCUT2D eigenvalue weighted by molar-refractivity contribution is 5.56. The smallest absolute Gasteiger partial charge is 0.0420 e. The molecule has 2 heteroatoms. The Labute approximate surface area is 104 Å². The summed E-state index contributed by atoms with van der Waals surface area (Å²) in [6.07, 6.45) is 3.87. The van der Waals surface area contributed by atoms with Crippen LogP contribution in [0.5, 0.6) is 0 Å². The summed E-state index contributed by atoms with van der Waals surface area (Å²) in [5.74, 6) is 0. The van der Waals surface area contributed by atoms with Gasteiger partial charge in [-0.1, -0.05) is 25.1 Å². The second kappa shape index (κ2) is 4.69. The van der Waals surface area contributed by atoms with Crippen molar-refractivity contribution in [2.24, 2.45) is 0 Å². The molecule has 1 fully saturated rings. The molecule has 2 nitrogen and oxygen atoms in total. The predicted octanol–water partition coefficient (Wildman–Crippen LogP) is 2.53. The molecule has 1 aromatic carbocycles. The van der Waals surface area contributed by atoms with Crippen molar-refractivity contribution in [1.82, 2.24) is 4.90 Å². The number of hydrogen-bond acceptors (Lipinski definition) is 2. The number of fused-ring (bicyclic) bond motifs is 3. The van der Waals surface area contributed by atoms with Crippen LogP contribution in [-0.4, -0.2) is 37.1 Å². The molecule has 3 rings (SSSR count). The maximum atomic E-state index is 2.64. The maximum Gasteiger partial charge on any atom is 0.0420 e. The van der Waals surface area contributed by atoms with Gasteiger partial charge in [-0.3, -0.25) is 4.90 Å². The van der Waals surface area contributed by atoms with Gasteiger partial charge in [-0.15, -0.1) is 0 Å². The third-order valence-corrected chi connectivity index (χ3v) is 4.15. The largest absolute Gasteiger partial charge is 0.366 e. The Hall–Kier alpha value is -1.02. The fourth-order valence-electron chi connectivity index (χ4n) is 3.33. The number of benzene rings is 1. The van der Waals surface area contributed by atoms with E-state index in [1.165, 1.54) is 51.1 Å². The van der Waals surface area contributed by atoms with E-state index < -0.39 is 0 Å². The molecule has 1 saturated heterocycles. The van der Waals surface area contributed by atoms with Gasteiger partial charge in [0.2, 0.25) is 0 Å². The van der Waals surface area contributed by atoms with Crippen molar-refractivity contribution in [2.45, 2.75) is 32.2 Å². The predicted molar refractivity (Wildman–Crippen MR) is 72.6 cm³/mol. The Balaban J connectivity index is 1.78. The third kappa shape index (κ3) is 2.06. The molecule has 0 N–H and O–H groups in total. The van der Waals surface area contributed by atoms with Gasteiger partial charge in [-0.25, -0.2) is 0 Å². The summed E-state index contributed by atoms with van der Waals surface area (Å²) in [5, 5.41) is 0. The number of para-hydroxylation sites is 1. The molecule has 0 spiro atoms. The molecular weight excluding hydrogens is 208 g/mol. The molecule has 0 radical (unpaired) electrons. The number of hydrogen-bond donors (Lipinski definition) is 0. The van der Waals surface area contributed by atoms with E-state index in [1.807, 2.05) is 0 Å². The first-order valence-corrected chi connectivity index (χ1v) is 6.95. The Morgan fingerprint density at radius 2 is 2.12 bits per heavy atom. The summed E-state index contributed by atoms with van der Waals surface area (Å²) in [5.41, 5.74) is 3.05. The monoisotopic (exact) mass is 230 g/mol. The minimum atomic E-state index is 0.755. The quantitative estimate of drug-likeness (QED) is 0.770. The summed E-state index contributed by atoms with van der Waals surface area (Å²) in [7, 11) is 0. The Bertz CT molecular complexity index is 388. The molecule has 1 atom stereocenters. The summed E-state index contributed by atoms with van der Waals surface area (Å²) >= 11 is 0. The van der Waals surface area contributed by atoms with E-state index in [2.05, 4.69) is 41.0 Å². The van der Waals surface area contributed by atoms with E-state index in [4.69, 9.17) is 0 Å². The molecule has 2 heterocycles. The summed E-state index contributed by atoms with van der Waals surface area (Å²) in [6.45, 7) is 7.26. The van der Waals surface area contributed by atoms with Gasteiger partial charge in [0.25, 0.3) is 0 Å². The molecule has 0 aliphatic carbocycles. The molecule has 92 valence electrons. The fraction of sp³-hybridized carbons (Fsp3) is 0.600. The van der Waals surface area contributed by atoms with Crippen LogP contribution in [0.15, 0.2) is 24.3 Å². The Kier molecular flexibility index (Phi) is 3.06. The van der Waals surface area contributed by atoms with Crippen molar-refractivity contribution in [3.63, 3.8) is 0 Å². The van der Waals surface area contributed by atoms with Crippen LogP contribution in [0.4, 0.5) is 5.69 Å². The molecular formula is C15H22N2. The van der Waals surface area contributed by atoms with Gasteiger partial charge >= 0.3 is 0 Å². The Morgan fingerprint density at radius 3 is 3.00 bits per heavy atom. The number of nitrogens with zero attached hydrogens (tertiary/aromatic N) is 2. The van der Waals surface area contributed by atoms with Gasteiger partial charge in [0.05, 0.1) is 0 Å². The summed E-state index contributed by atoms with van der Waals surface area (Å²) in [6, 6.07) is 9.71. The highest BCUT2D eigenvalue weighted by atomic mass is 15.3. The zero-order valence-electron chi connectivity index (χ0n) is 10.7. The van der Waals surface area contributed by atoms with Crippen LogP contribution in [0, 0.1) is 0 Å². The average molecular weight is 230 g/mol. The minimum Gasteiger partial charge on any atom is -0.366 e. The van der Waals surface area contributed by atoms with Crippen LogP contribution >= 0.6 is 0 Å². The highest BCUT2D eigenvalue weighted by Gasteiger charge is 2.30. The van der Waals surface area contributed by atoms with Crippen molar-refractivity contribution in [3.05, 3.63) is 29.8 Å². The molecule has 1 aromatic rings. The van der Waals surface area contributed by atoms with E-state index in [0.717, 1.165) is 6.04 Å². The third-order valence-electron chi connectivity index (χ3n) is 4.15. The van der Waals surface area contributed by atoms with Crippen LogP contribution < -0.4 is 4.90 Å². The van der Waals surface area contributed by atoms with Crippen LogP contribution in [0.1, 0.15) is 25.3 Å². The molecule has 1 unspecified atom stereocenters. The summed E-state index contributed by atoms with van der Waals surface area (Å²) in [4.78, 5) is 5.28. The molecule has 0 aromatic heterocycles. The number of piperazine rings is 1. The molecule has 2 aliphatic rings. The molecule has 0 saturated carbocycles. The van der Waals surface area contributed by atoms with Crippen LogP contribution in [0.25, 0.3) is 0 Å². The van der Waals surface area contributed by atoms with Crippen molar-refractivity contribution in [2.75, 3.05) is 31.1 Å². The fourth-order valence-corrected chi connectivity index (χ4v) is 3.33. The minimum absolute atomic E-state index is 0.755. The second-order valence-corrected chi connectivity index (χ2v) is 5.32. The first-order chi connectivity index (χ1) is 8.38. The van der Waals surface area contributed by atoms with Crippen LogP contribution in [0.3, 0.4) is 0 Å². The van der Waals surface area contributed by atoms with Gasteiger partial charge in [0.15, 0.2) is 0 Å². The van der Waals surface area contributed by atoms with E-state index in [0.29, 0.717) is 0 Å². The zero-order chi connectivity index (χ0) is 11.7. The van der Waals surface area contributed by atoms with Crippen LogP contribution in [0.2, 0.25) is 0 Å². The lowest BCUT2D eigenvalue weighted by atomic mass is 9.94. The zero-order valence-corrected chi connectivity index (χ0v) is 10.7. The second-order valence-electron chi connectivity index (χ2n) is 5.32. The lowest BCUT2D eigenvalue weighted by Crippen LogP contribution is -2.55. The SMILES string of the molecule is CCCN1CCN2c3ccccc3CCC2C1. The molecule has 2 aliphatic heterocycles. The van der Waals surface area contributed by atoms with Gasteiger partial charge < -0.3 is 4.90 Å². The number of aryl methyl sites for hydroxylation is 1. The first kappa shape index (κ1) is 11.1. The van der Waals surface area contributed by atoms with Gasteiger partial charge in [-0.05, 0) is 37.4 Å². The van der Waals surface area contributed by atoms with E-state index >= 15 is 0 Å². The van der Waals surface area contributed by atoms with Gasteiger partial charge in [0, 0.05) is 31.4 Å². The van der Waals surface area contributed by atoms with Crippen molar-refractivity contribution < 1.29 is 0 Å². The molecule has 0 bridgehead atoms. The lowest BCUT2D eigenvalue weighted by Gasteiger charge is -2.46. The average Bonchev–Trinajstić information content (AvgIpc) is 2.39. The van der Waals surface area contributed by atoms with Gasteiger partial charge in [0.1, 0.15) is 0 Å². The van der Waals surface area contributed by atoms with Crippen molar-refractivity contribution >= 4 is 5.69 Å². The van der Waals surface area contributed by atoms with E-state index in [-0.39, 0.29) is 0 Å². The maximum absolute atomic E-state index is 2.64. The molecule has 0 amide bonds. The first-order valence-electron chi connectivity index (χ1n) is 6.95. The standard InChI is InChI=1S/C15H22N2/c1-2-9-16-10-11-17-14(12-16)8-7-13-5-3-4-6-15(13)17/h3-6,14H,2,7-12H2,1H3. The van der Waals surface area contributed by atoms with Gasteiger partial charge in [-0.2, -0.15) is 0 Å². The van der Waals surface area contributed by atoms with Crippen molar-refractivity contribution in [1.29, 1.82) is 0 Å². The topological polar surface area (TPSA) is 6.48 Å². The highest BCUT2D eigenvalue weighted by Crippen LogP contribution is 2.32. The lowest BCUT2D eigenvalue weighted by molar-refractivity contribution is 0.214. The van der Waals surface area contributed by atoms with E-state index in [1.54, 1.807) is 5.56 Å². The van der Waals surface area contributed by atoms with E-state index in [9.17, 15) is 0 Å². The molecule has 17 heavy (non-hydrogen) atoms. The Morgan fingerprint density at radius 1 is 1.24 bits per heavy atom. The van der Waals surface area contributed by atoms with Crippen LogP contribution in [-0.2, 0) is 6.42 Å².